The molecule has 0 saturated carbocycles. The molecule has 0 radical (unpaired) electrons. The van der Waals surface area contributed by atoms with E-state index in [4.69, 9.17) is 0 Å². The second-order valence-corrected chi connectivity index (χ2v) is 5.01. The molecule has 1 aromatic heterocycles. The fourth-order valence-electron chi connectivity index (χ4n) is 2.42. The lowest BCUT2D eigenvalue weighted by molar-refractivity contribution is 0.312. The molecule has 0 bridgehead atoms. The van der Waals surface area contributed by atoms with Crippen molar-refractivity contribution >= 4 is 16.7 Å². The molecule has 3 rings (SSSR count). The minimum Gasteiger partial charge on any atom is -0.353 e. The van der Waals surface area contributed by atoms with Crippen LogP contribution in [0.3, 0.4) is 0 Å². The number of aryl methyl sites for hydroxylation is 1. The first-order valence-corrected chi connectivity index (χ1v) is 6.39. The first-order chi connectivity index (χ1) is 8.74. The summed E-state index contributed by atoms with van der Waals surface area (Å²) in [7, 11) is 2.17. The van der Waals surface area contributed by atoms with Crippen molar-refractivity contribution in [3.8, 4) is 0 Å². The lowest BCUT2D eigenvalue weighted by atomic mass is 10.1. The van der Waals surface area contributed by atoms with Crippen molar-refractivity contribution in [3.05, 3.63) is 30.1 Å². The summed E-state index contributed by atoms with van der Waals surface area (Å²) in [5.74, 6) is 1.08. The Hall–Kier alpha value is -1.68. The van der Waals surface area contributed by atoms with Gasteiger partial charge in [0.05, 0.1) is 5.52 Å². The van der Waals surface area contributed by atoms with E-state index in [0.29, 0.717) is 0 Å². The van der Waals surface area contributed by atoms with Gasteiger partial charge in [0.15, 0.2) is 0 Å². The van der Waals surface area contributed by atoms with Crippen LogP contribution in [0, 0.1) is 6.92 Å². The average molecular weight is 242 g/mol. The van der Waals surface area contributed by atoms with Crippen LogP contribution in [-0.2, 0) is 0 Å². The third-order valence-corrected chi connectivity index (χ3v) is 3.57. The Kier molecular flexibility index (Phi) is 2.88. The summed E-state index contributed by atoms with van der Waals surface area (Å²) in [4.78, 5) is 13.6. The molecule has 0 atom stereocenters. The van der Waals surface area contributed by atoms with Crippen LogP contribution in [0.15, 0.2) is 24.5 Å². The molecule has 0 aliphatic carbocycles. The largest absolute Gasteiger partial charge is 0.353 e. The highest BCUT2D eigenvalue weighted by atomic mass is 15.3. The van der Waals surface area contributed by atoms with Crippen molar-refractivity contribution in [1.82, 2.24) is 14.9 Å². The predicted molar refractivity (Wildman–Crippen MR) is 74.0 cm³/mol. The van der Waals surface area contributed by atoms with E-state index in [0.717, 1.165) is 42.9 Å². The fourth-order valence-corrected chi connectivity index (χ4v) is 2.42. The van der Waals surface area contributed by atoms with Crippen LogP contribution in [-0.4, -0.2) is 48.1 Å². The minimum atomic E-state index is 1.04. The smallest absolute Gasteiger partial charge is 0.139 e. The number of aromatic nitrogens is 2. The zero-order chi connectivity index (χ0) is 12.5. The van der Waals surface area contributed by atoms with E-state index in [2.05, 4.69) is 51.9 Å². The van der Waals surface area contributed by atoms with Crippen LogP contribution < -0.4 is 4.90 Å². The van der Waals surface area contributed by atoms with E-state index in [9.17, 15) is 0 Å². The van der Waals surface area contributed by atoms with Gasteiger partial charge in [0, 0.05) is 31.6 Å². The van der Waals surface area contributed by atoms with Gasteiger partial charge in [-0.1, -0.05) is 6.07 Å². The van der Waals surface area contributed by atoms with E-state index in [1.807, 2.05) is 0 Å². The molecule has 2 heterocycles. The van der Waals surface area contributed by atoms with Gasteiger partial charge < -0.3 is 9.80 Å². The first kappa shape index (κ1) is 11.4. The number of hydrogen-bond donors (Lipinski definition) is 0. The Morgan fingerprint density at radius 2 is 1.83 bits per heavy atom. The maximum absolute atomic E-state index is 4.48. The Bertz CT molecular complexity index is 559. The molecular formula is C14H18N4. The highest BCUT2D eigenvalue weighted by Crippen LogP contribution is 2.24. The molecule has 0 unspecified atom stereocenters. The Labute approximate surface area is 107 Å². The lowest BCUT2D eigenvalue weighted by Crippen LogP contribution is -2.44. The summed E-state index contributed by atoms with van der Waals surface area (Å²) in [5, 5.41) is 1.16. The van der Waals surface area contributed by atoms with Crippen molar-refractivity contribution < 1.29 is 0 Å². The van der Waals surface area contributed by atoms with E-state index < -0.39 is 0 Å². The summed E-state index contributed by atoms with van der Waals surface area (Å²) < 4.78 is 0. The van der Waals surface area contributed by atoms with Crippen LogP contribution in [0.5, 0.6) is 0 Å². The van der Waals surface area contributed by atoms with Crippen molar-refractivity contribution in [2.75, 3.05) is 38.1 Å². The molecule has 1 saturated heterocycles. The molecular weight excluding hydrogens is 224 g/mol. The van der Waals surface area contributed by atoms with Crippen LogP contribution in [0.2, 0.25) is 0 Å². The molecule has 1 aromatic carbocycles. The standard InChI is InChI=1S/C14H18N4/c1-11-3-4-12-13(9-11)15-10-16-14(12)18-7-5-17(2)6-8-18/h3-4,9-10H,5-8H2,1-2H3. The van der Waals surface area contributed by atoms with Gasteiger partial charge in [0.25, 0.3) is 0 Å². The molecule has 0 N–H and O–H groups in total. The Morgan fingerprint density at radius 3 is 2.61 bits per heavy atom. The number of likely N-dealkylation sites (N-methyl/N-ethyl adjacent to an activating group) is 1. The van der Waals surface area contributed by atoms with E-state index >= 15 is 0 Å². The number of rotatable bonds is 1. The molecule has 0 amide bonds. The summed E-state index contributed by atoms with van der Waals surface area (Å²) in [6, 6.07) is 6.39. The van der Waals surface area contributed by atoms with Gasteiger partial charge in [-0.2, -0.15) is 0 Å². The quantitative estimate of drug-likeness (QED) is 0.762. The molecule has 1 aliphatic heterocycles. The van der Waals surface area contributed by atoms with Gasteiger partial charge in [-0.05, 0) is 31.7 Å². The van der Waals surface area contributed by atoms with Crippen LogP contribution in [0.1, 0.15) is 5.56 Å². The topological polar surface area (TPSA) is 32.3 Å². The van der Waals surface area contributed by atoms with Crippen molar-refractivity contribution in [3.63, 3.8) is 0 Å². The second-order valence-electron chi connectivity index (χ2n) is 5.01. The molecule has 18 heavy (non-hydrogen) atoms. The van der Waals surface area contributed by atoms with E-state index in [1.54, 1.807) is 6.33 Å². The van der Waals surface area contributed by atoms with Gasteiger partial charge >= 0.3 is 0 Å². The summed E-state index contributed by atoms with van der Waals surface area (Å²) in [6.07, 6.45) is 1.68. The monoisotopic (exact) mass is 242 g/mol. The van der Waals surface area contributed by atoms with Gasteiger partial charge in [-0.15, -0.1) is 0 Å². The third kappa shape index (κ3) is 2.04. The highest BCUT2D eigenvalue weighted by Gasteiger charge is 2.17. The molecule has 0 spiro atoms. The van der Waals surface area contributed by atoms with Crippen LogP contribution in [0.4, 0.5) is 5.82 Å². The average Bonchev–Trinajstić information content (AvgIpc) is 2.38. The summed E-state index contributed by atoms with van der Waals surface area (Å²) >= 11 is 0. The van der Waals surface area contributed by atoms with Crippen LogP contribution >= 0.6 is 0 Å². The number of piperazine rings is 1. The normalized spacial score (nSPS) is 17.3. The number of fused-ring (bicyclic) bond motifs is 1. The minimum absolute atomic E-state index is 1.04. The molecule has 1 fully saturated rings. The zero-order valence-electron chi connectivity index (χ0n) is 10.9. The predicted octanol–water partition coefficient (Wildman–Crippen LogP) is 1.69. The van der Waals surface area contributed by atoms with Crippen LogP contribution in [0.25, 0.3) is 10.9 Å². The lowest BCUT2D eigenvalue weighted by Gasteiger charge is -2.33. The summed E-state index contributed by atoms with van der Waals surface area (Å²) in [5.41, 5.74) is 2.28. The summed E-state index contributed by atoms with van der Waals surface area (Å²) in [6.45, 7) is 6.36. The van der Waals surface area contributed by atoms with Crippen molar-refractivity contribution in [1.29, 1.82) is 0 Å². The highest BCUT2D eigenvalue weighted by molar-refractivity contribution is 5.89. The van der Waals surface area contributed by atoms with Crippen molar-refractivity contribution in [2.45, 2.75) is 6.92 Å². The fraction of sp³-hybridized carbons (Fsp3) is 0.429. The first-order valence-electron chi connectivity index (χ1n) is 6.39. The molecule has 4 nitrogen and oxygen atoms in total. The van der Waals surface area contributed by atoms with Gasteiger partial charge in [0.2, 0.25) is 0 Å². The van der Waals surface area contributed by atoms with E-state index in [1.165, 1.54) is 5.56 Å². The number of nitrogens with zero attached hydrogens (tertiary/aromatic N) is 4. The Morgan fingerprint density at radius 1 is 1.06 bits per heavy atom. The maximum Gasteiger partial charge on any atom is 0.139 e. The molecule has 4 heteroatoms. The second kappa shape index (κ2) is 4.53. The van der Waals surface area contributed by atoms with Gasteiger partial charge in [0.1, 0.15) is 12.1 Å². The Balaban J connectivity index is 2.01. The maximum atomic E-state index is 4.48. The SMILES string of the molecule is Cc1ccc2c(N3CCN(C)CC3)ncnc2c1. The molecule has 94 valence electrons. The number of anilines is 1. The van der Waals surface area contributed by atoms with Gasteiger partial charge in [-0.25, -0.2) is 9.97 Å². The zero-order valence-corrected chi connectivity index (χ0v) is 10.9. The third-order valence-electron chi connectivity index (χ3n) is 3.57. The van der Waals surface area contributed by atoms with Gasteiger partial charge in [-0.3, -0.25) is 0 Å². The number of hydrogen-bond acceptors (Lipinski definition) is 4. The van der Waals surface area contributed by atoms with E-state index in [-0.39, 0.29) is 0 Å². The van der Waals surface area contributed by atoms with Crippen molar-refractivity contribution in [2.24, 2.45) is 0 Å². The molecule has 2 aromatic rings. The molecule has 1 aliphatic rings. The number of benzene rings is 1.